The van der Waals surface area contributed by atoms with Crippen LogP contribution in [0.4, 0.5) is 0 Å². The zero-order chi connectivity index (χ0) is 15.7. The topological polar surface area (TPSA) is 60.2 Å². The number of hydrogen-bond donors (Lipinski definition) is 1. The number of ether oxygens (including phenoxy) is 1. The first kappa shape index (κ1) is 17.7. The number of hydrogen-bond acceptors (Lipinski definition) is 6. The van der Waals surface area contributed by atoms with Gasteiger partial charge in [0.15, 0.2) is 5.82 Å². The number of rotatable bonds is 5. The third-order valence-corrected chi connectivity index (χ3v) is 5.05. The Hall–Kier alpha value is -1.63. The number of thiophene rings is 1. The molecule has 1 atom stereocenters. The highest BCUT2D eigenvalue weighted by Gasteiger charge is 2.17. The van der Waals surface area contributed by atoms with E-state index in [1.807, 2.05) is 19.2 Å². The van der Waals surface area contributed by atoms with E-state index in [2.05, 4.69) is 35.4 Å². The summed E-state index contributed by atoms with van der Waals surface area (Å²) in [6.07, 6.45) is 0.748. The summed E-state index contributed by atoms with van der Waals surface area (Å²) in [7, 11) is 3.60. The largest absolute Gasteiger partial charge is 0.497 e. The lowest BCUT2D eigenvalue weighted by Gasteiger charge is -2.04. The van der Waals surface area contributed by atoms with Crippen molar-refractivity contribution < 1.29 is 9.26 Å². The van der Waals surface area contributed by atoms with Crippen molar-refractivity contribution in [3.63, 3.8) is 0 Å². The number of halogens is 1. The Morgan fingerprint density at radius 3 is 2.87 bits per heavy atom. The Labute approximate surface area is 145 Å². The monoisotopic (exact) mass is 353 g/mol. The zero-order valence-corrected chi connectivity index (χ0v) is 15.2. The number of methoxy groups -OCH3 is 1. The Morgan fingerprint density at radius 1 is 1.39 bits per heavy atom. The molecule has 7 heteroatoms. The first-order valence-corrected chi connectivity index (χ1v) is 8.01. The summed E-state index contributed by atoms with van der Waals surface area (Å²) in [4.78, 5) is 5.56. The predicted octanol–water partition coefficient (Wildman–Crippen LogP) is 3.84. The quantitative estimate of drug-likeness (QED) is 0.755. The Bertz CT molecular complexity index is 800. The summed E-state index contributed by atoms with van der Waals surface area (Å²) in [5.41, 5.74) is 1.15. The van der Waals surface area contributed by atoms with E-state index in [-0.39, 0.29) is 12.4 Å². The van der Waals surface area contributed by atoms with Gasteiger partial charge < -0.3 is 14.6 Å². The van der Waals surface area contributed by atoms with Gasteiger partial charge in [-0.2, -0.15) is 4.98 Å². The van der Waals surface area contributed by atoms with Gasteiger partial charge >= 0.3 is 0 Å². The average Bonchev–Trinajstić information content (AvgIpc) is 3.11. The lowest BCUT2D eigenvalue weighted by molar-refractivity contribution is 0.415. The summed E-state index contributed by atoms with van der Waals surface area (Å²) < 4.78 is 11.9. The van der Waals surface area contributed by atoms with Gasteiger partial charge in [0.25, 0.3) is 5.89 Å². The van der Waals surface area contributed by atoms with E-state index in [0.717, 1.165) is 28.4 Å². The molecule has 0 fully saturated rings. The van der Waals surface area contributed by atoms with Gasteiger partial charge in [-0.05, 0) is 50.0 Å². The summed E-state index contributed by atoms with van der Waals surface area (Å²) >= 11 is 1.67. The van der Waals surface area contributed by atoms with E-state index in [1.54, 1.807) is 18.4 Å². The number of likely N-dealkylation sites (N-methyl/N-ethyl adjacent to an activating group) is 1. The predicted molar refractivity (Wildman–Crippen MR) is 95.9 cm³/mol. The summed E-state index contributed by atoms with van der Waals surface area (Å²) in [5, 5.41) is 8.43. The molecule has 2 aromatic heterocycles. The molecule has 0 saturated carbocycles. The maximum atomic E-state index is 5.45. The number of nitrogens with zero attached hydrogens (tertiary/aromatic N) is 2. The zero-order valence-electron chi connectivity index (χ0n) is 13.5. The number of aromatic nitrogens is 2. The number of aryl methyl sites for hydroxylation is 1. The molecule has 1 aromatic carbocycles. The first-order chi connectivity index (χ1) is 10.6. The van der Waals surface area contributed by atoms with Gasteiger partial charge in [0.1, 0.15) is 5.75 Å². The normalized spacial score (nSPS) is 12.2. The Morgan fingerprint density at radius 2 is 2.17 bits per heavy atom. The highest BCUT2D eigenvalue weighted by atomic mass is 35.5. The number of fused-ring (bicyclic) bond motifs is 1. The minimum absolute atomic E-state index is 0. The molecule has 3 rings (SSSR count). The number of benzene rings is 1. The molecule has 0 saturated heterocycles. The molecule has 3 aromatic rings. The van der Waals surface area contributed by atoms with Crippen molar-refractivity contribution >= 4 is 33.8 Å². The van der Waals surface area contributed by atoms with Crippen molar-refractivity contribution in [3.05, 3.63) is 29.6 Å². The average molecular weight is 354 g/mol. The molecular formula is C16H20ClN3O2S. The van der Waals surface area contributed by atoms with Crippen LogP contribution in [0, 0.1) is 6.92 Å². The fraction of sp³-hybridized carbons (Fsp3) is 0.375. The van der Waals surface area contributed by atoms with Crippen LogP contribution in [-0.2, 0) is 6.42 Å². The second kappa shape index (κ2) is 7.29. The molecule has 0 radical (unpaired) electrons. The summed E-state index contributed by atoms with van der Waals surface area (Å²) in [6.45, 7) is 4.17. The van der Waals surface area contributed by atoms with Crippen LogP contribution >= 0.6 is 23.7 Å². The Balaban J connectivity index is 0.00000192. The van der Waals surface area contributed by atoms with E-state index in [0.29, 0.717) is 11.9 Å². The summed E-state index contributed by atoms with van der Waals surface area (Å²) in [5.74, 6) is 2.18. The number of nitrogens with one attached hydrogen (secondary N) is 1. The van der Waals surface area contributed by atoms with Gasteiger partial charge in [0, 0.05) is 17.2 Å². The maximum Gasteiger partial charge on any atom is 0.268 e. The van der Waals surface area contributed by atoms with Gasteiger partial charge in [0.2, 0.25) is 0 Å². The van der Waals surface area contributed by atoms with E-state index in [4.69, 9.17) is 9.26 Å². The molecule has 0 aliphatic heterocycles. The third-order valence-electron chi connectivity index (χ3n) is 3.79. The van der Waals surface area contributed by atoms with Crippen molar-refractivity contribution in [1.29, 1.82) is 0 Å². The van der Waals surface area contributed by atoms with Crippen LogP contribution in [-0.4, -0.2) is 30.3 Å². The van der Waals surface area contributed by atoms with E-state index < -0.39 is 0 Å². The SMILES string of the molecule is CNC(C)Cc1noc(-c2sc3ccc(OC)cc3c2C)n1.Cl. The highest BCUT2D eigenvalue weighted by molar-refractivity contribution is 7.22. The van der Waals surface area contributed by atoms with Crippen molar-refractivity contribution in [2.24, 2.45) is 0 Å². The molecule has 0 aliphatic rings. The highest BCUT2D eigenvalue weighted by Crippen LogP contribution is 2.38. The van der Waals surface area contributed by atoms with Gasteiger partial charge in [-0.1, -0.05) is 5.16 Å². The molecule has 124 valence electrons. The van der Waals surface area contributed by atoms with Crippen LogP contribution in [0.25, 0.3) is 20.9 Å². The molecule has 2 heterocycles. The van der Waals surface area contributed by atoms with Crippen LogP contribution in [0.15, 0.2) is 22.7 Å². The molecule has 0 aliphatic carbocycles. The summed E-state index contributed by atoms with van der Waals surface area (Å²) in [6, 6.07) is 6.40. The molecule has 0 spiro atoms. The minimum atomic E-state index is 0. The second-order valence-electron chi connectivity index (χ2n) is 5.33. The van der Waals surface area contributed by atoms with Gasteiger partial charge in [-0.3, -0.25) is 0 Å². The maximum absolute atomic E-state index is 5.45. The molecule has 1 unspecified atom stereocenters. The van der Waals surface area contributed by atoms with Crippen LogP contribution in [0.1, 0.15) is 18.3 Å². The fourth-order valence-electron chi connectivity index (χ4n) is 2.34. The van der Waals surface area contributed by atoms with Gasteiger partial charge in [0.05, 0.1) is 12.0 Å². The molecule has 23 heavy (non-hydrogen) atoms. The molecule has 5 nitrogen and oxygen atoms in total. The first-order valence-electron chi connectivity index (χ1n) is 7.19. The van der Waals surface area contributed by atoms with Crippen molar-refractivity contribution in [2.45, 2.75) is 26.3 Å². The van der Waals surface area contributed by atoms with Crippen molar-refractivity contribution in [2.75, 3.05) is 14.2 Å². The van der Waals surface area contributed by atoms with Crippen molar-refractivity contribution in [1.82, 2.24) is 15.5 Å². The van der Waals surface area contributed by atoms with Crippen LogP contribution < -0.4 is 10.1 Å². The lowest BCUT2D eigenvalue weighted by Crippen LogP contribution is -2.24. The molecular weight excluding hydrogens is 334 g/mol. The van der Waals surface area contributed by atoms with E-state index >= 15 is 0 Å². The lowest BCUT2D eigenvalue weighted by atomic mass is 10.1. The minimum Gasteiger partial charge on any atom is -0.497 e. The molecule has 0 bridgehead atoms. The Kier molecular flexibility index (Phi) is 5.62. The molecule has 0 amide bonds. The fourth-order valence-corrected chi connectivity index (χ4v) is 3.45. The van der Waals surface area contributed by atoms with Crippen LogP contribution in [0.2, 0.25) is 0 Å². The van der Waals surface area contributed by atoms with Crippen LogP contribution in [0.3, 0.4) is 0 Å². The van der Waals surface area contributed by atoms with E-state index in [1.165, 1.54) is 10.1 Å². The van der Waals surface area contributed by atoms with Gasteiger partial charge in [-0.15, -0.1) is 23.7 Å². The van der Waals surface area contributed by atoms with E-state index in [9.17, 15) is 0 Å². The molecule has 1 N–H and O–H groups in total. The smallest absolute Gasteiger partial charge is 0.268 e. The second-order valence-corrected chi connectivity index (χ2v) is 6.38. The van der Waals surface area contributed by atoms with Gasteiger partial charge in [-0.25, -0.2) is 0 Å². The van der Waals surface area contributed by atoms with Crippen molar-refractivity contribution in [3.8, 4) is 16.5 Å². The third kappa shape index (κ3) is 3.49. The standard InChI is InChI=1S/C16H19N3O2S.ClH/c1-9(17-3)7-14-18-16(21-19-14)15-10(2)12-8-11(20-4)5-6-13(12)22-15;/h5-6,8-9,17H,7H2,1-4H3;1H. The van der Waals surface area contributed by atoms with Crippen LogP contribution in [0.5, 0.6) is 5.75 Å².